The molecule has 0 radical (unpaired) electrons. The second kappa shape index (κ2) is 5.85. The Morgan fingerprint density at radius 3 is 1.92 bits per heavy atom. The average Bonchev–Trinajstić information content (AvgIpc) is 2.69. The van der Waals surface area contributed by atoms with Crippen molar-refractivity contribution in [3.05, 3.63) is 94.6 Å². The van der Waals surface area contributed by atoms with Crippen LogP contribution in [0.25, 0.3) is 43.4 Å². The second-order valence-corrected chi connectivity index (χ2v) is 7.39. The third-order valence-corrected chi connectivity index (χ3v) is 6.04. The normalized spacial score (nSPS) is 11.4. The molecule has 118 valence electrons. The number of hydrogen-bond donors (Lipinski definition) is 0. The summed E-state index contributed by atoms with van der Waals surface area (Å²) in [7, 11) is 0. The predicted molar refractivity (Wildman–Crippen MR) is 117 cm³/mol. The summed E-state index contributed by atoms with van der Waals surface area (Å²) in [5.74, 6) is 0. The van der Waals surface area contributed by atoms with Crippen LogP contribution in [0.3, 0.4) is 0 Å². The molecular weight excluding hydrogens is 415 g/mol. The molecule has 0 unspecified atom stereocenters. The zero-order chi connectivity index (χ0) is 16.8. The van der Waals surface area contributed by atoms with E-state index in [0.29, 0.717) is 0 Å². The molecular formula is C24H15I. The first-order chi connectivity index (χ1) is 12.3. The second-order valence-electron chi connectivity index (χ2n) is 6.31. The molecule has 1 heteroatoms. The fourth-order valence-electron chi connectivity index (χ4n) is 3.80. The number of halogens is 1. The van der Waals surface area contributed by atoms with Gasteiger partial charge in [-0.05, 0) is 60.5 Å². The molecule has 0 atom stereocenters. The first kappa shape index (κ1) is 14.9. The molecule has 0 saturated carbocycles. The highest BCUT2D eigenvalue weighted by molar-refractivity contribution is 14.1. The molecule has 0 aliphatic heterocycles. The number of hydrogen-bond acceptors (Lipinski definition) is 0. The van der Waals surface area contributed by atoms with Gasteiger partial charge in [-0.25, -0.2) is 0 Å². The number of rotatable bonds is 1. The zero-order valence-electron chi connectivity index (χ0n) is 13.5. The van der Waals surface area contributed by atoms with Crippen LogP contribution in [0.2, 0.25) is 0 Å². The fourth-order valence-corrected chi connectivity index (χ4v) is 4.85. The van der Waals surface area contributed by atoms with E-state index in [1.165, 1.54) is 47.0 Å². The summed E-state index contributed by atoms with van der Waals surface area (Å²) in [5, 5.41) is 7.94. The van der Waals surface area contributed by atoms with Crippen molar-refractivity contribution in [3.8, 4) is 11.1 Å². The molecule has 0 aliphatic rings. The van der Waals surface area contributed by atoms with Crippen LogP contribution in [0.1, 0.15) is 0 Å². The van der Waals surface area contributed by atoms with Crippen molar-refractivity contribution in [2.45, 2.75) is 0 Å². The van der Waals surface area contributed by atoms with Crippen molar-refractivity contribution in [2.24, 2.45) is 0 Å². The number of benzene rings is 5. The first-order valence-electron chi connectivity index (χ1n) is 8.42. The van der Waals surface area contributed by atoms with Crippen molar-refractivity contribution in [1.29, 1.82) is 0 Å². The smallest absolute Gasteiger partial charge is 0.0293 e. The third kappa shape index (κ3) is 2.26. The van der Waals surface area contributed by atoms with Gasteiger partial charge in [0, 0.05) is 9.13 Å². The van der Waals surface area contributed by atoms with Crippen molar-refractivity contribution < 1.29 is 0 Å². The lowest BCUT2D eigenvalue weighted by Crippen LogP contribution is -1.91. The summed E-state index contributed by atoms with van der Waals surface area (Å²) >= 11 is 2.52. The molecule has 0 heterocycles. The maximum Gasteiger partial charge on any atom is 0.0293 e. The standard InChI is InChI=1S/C24H15I/c25-24-21-13-7-6-12-19(21)20-15-14-16-8-4-5-11-18(16)23(20)22(24)17-9-2-1-3-10-17/h1-15H. The first-order valence-corrected chi connectivity index (χ1v) is 9.49. The van der Waals surface area contributed by atoms with Gasteiger partial charge >= 0.3 is 0 Å². The van der Waals surface area contributed by atoms with Gasteiger partial charge in [-0.1, -0.05) is 91.0 Å². The number of fused-ring (bicyclic) bond motifs is 5. The molecule has 5 aromatic rings. The van der Waals surface area contributed by atoms with Gasteiger partial charge in [0.1, 0.15) is 0 Å². The molecule has 25 heavy (non-hydrogen) atoms. The summed E-state index contributed by atoms with van der Waals surface area (Å²) in [4.78, 5) is 0. The monoisotopic (exact) mass is 430 g/mol. The Morgan fingerprint density at radius 1 is 0.480 bits per heavy atom. The quantitative estimate of drug-likeness (QED) is 0.192. The minimum atomic E-state index is 1.28. The lowest BCUT2D eigenvalue weighted by atomic mass is 9.90. The topological polar surface area (TPSA) is 0 Å². The van der Waals surface area contributed by atoms with Crippen molar-refractivity contribution in [2.75, 3.05) is 0 Å². The van der Waals surface area contributed by atoms with Gasteiger partial charge in [-0.2, -0.15) is 0 Å². The van der Waals surface area contributed by atoms with E-state index in [1.807, 2.05) is 0 Å². The lowest BCUT2D eigenvalue weighted by Gasteiger charge is -2.16. The Kier molecular flexibility index (Phi) is 3.49. The molecule has 0 spiro atoms. The molecule has 0 bridgehead atoms. The lowest BCUT2D eigenvalue weighted by molar-refractivity contribution is 1.65. The Hall–Kier alpha value is -2.39. The van der Waals surface area contributed by atoms with E-state index in [1.54, 1.807) is 0 Å². The Bertz CT molecular complexity index is 1240. The van der Waals surface area contributed by atoms with Crippen LogP contribution in [0.5, 0.6) is 0 Å². The van der Waals surface area contributed by atoms with Crippen LogP contribution >= 0.6 is 22.6 Å². The molecule has 0 amide bonds. The van der Waals surface area contributed by atoms with E-state index in [9.17, 15) is 0 Å². The summed E-state index contributed by atoms with van der Waals surface area (Å²) in [5.41, 5.74) is 2.62. The van der Waals surface area contributed by atoms with Gasteiger partial charge in [0.05, 0.1) is 0 Å². The van der Waals surface area contributed by atoms with E-state index in [0.717, 1.165) is 0 Å². The Morgan fingerprint density at radius 2 is 1.12 bits per heavy atom. The van der Waals surface area contributed by atoms with Gasteiger partial charge in [-0.3, -0.25) is 0 Å². The van der Waals surface area contributed by atoms with E-state index in [4.69, 9.17) is 0 Å². The summed E-state index contributed by atoms with van der Waals surface area (Å²) in [6.45, 7) is 0. The molecule has 0 saturated heterocycles. The highest BCUT2D eigenvalue weighted by Gasteiger charge is 2.15. The predicted octanol–water partition coefficient (Wildman–Crippen LogP) is 7.42. The maximum atomic E-state index is 2.52. The zero-order valence-corrected chi connectivity index (χ0v) is 15.7. The molecule has 0 aliphatic carbocycles. The van der Waals surface area contributed by atoms with Crippen LogP contribution in [-0.4, -0.2) is 0 Å². The minimum Gasteiger partial charge on any atom is -0.0622 e. The van der Waals surface area contributed by atoms with Gasteiger partial charge in [0.2, 0.25) is 0 Å². The van der Waals surface area contributed by atoms with Crippen LogP contribution in [0, 0.1) is 3.57 Å². The van der Waals surface area contributed by atoms with Crippen molar-refractivity contribution in [1.82, 2.24) is 0 Å². The SMILES string of the molecule is Ic1c(-c2ccccc2)c2c3ccccc3ccc2c2ccccc12. The van der Waals surface area contributed by atoms with E-state index >= 15 is 0 Å². The molecule has 5 rings (SSSR count). The minimum absolute atomic E-state index is 1.28. The molecule has 5 aromatic carbocycles. The van der Waals surface area contributed by atoms with Crippen molar-refractivity contribution in [3.63, 3.8) is 0 Å². The van der Waals surface area contributed by atoms with Crippen LogP contribution in [0.15, 0.2) is 91.0 Å². The third-order valence-electron chi connectivity index (χ3n) is 4.91. The van der Waals surface area contributed by atoms with Crippen LogP contribution in [0.4, 0.5) is 0 Å². The van der Waals surface area contributed by atoms with Gasteiger partial charge in [-0.15, -0.1) is 0 Å². The van der Waals surface area contributed by atoms with Crippen LogP contribution in [-0.2, 0) is 0 Å². The van der Waals surface area contributed by atoms with E-state index < -0.39 is 0 Å². The highest BCUT2D eigenvalue weighted by atomic mass is 127. The van der Waals surface area contributed by atoms with Gasteiger partial charge < -0.3 is 0 Å². The molecule has 0 fully saturated rings. The molecule has 0 N–H and O–H groups in total. The summed E-state index contributed by atoms with van der Waals surface area (Å²) in [6, 6.07) is 32.7. The van der Waals surface area contributed by atoms with E-state index in [2.05, 4.69) is 114 Å². The van der Waals surface area contributed by atoms with Crippen molar-refractivity contribution >= 4 is 54.9 Å². The fraction of sp³-hybridized carbons (Fsp3) is 0. The van der Waals surface area contributed by atoms with Gasteiger partial charge in [0.25, 0.3) is 0 Å². The average molecular weight is 430 g/mol. The van der Waals surface area contributed by atoms with Crippen LogP contribution < -0.4 is 0 Å². The highest BCUT2D eigenvalue weighted by Crippen LogP contribution is 2.42. The Labute approximate surface area is 160 Å². The molecule has 0 nitrogen and oxygen atoms in total. The van der Waals surface area contributed by atoms with Gasteiger partial charge in [0.15, 0.2) is 0 Å². The Balaban J connectivity index is 2.12. The maximum absolute atomic E-state index is 2.52. The molecule has 0 aromatic heterocycles. The summed E-state index contributed by atoms with van der Waals surface area (Å²) < 4.78 is 1.32. The van der Waals surface area contributed by atoms with E-state index in [-0.39, 0.29) is 0 Å². The largest absolute Gasteiger partial charge is 0.0622 e. The summed E-state index contributed by atoms with van der Waals surface area (Å²) in [6.07, 6.45) is 0.